The SMILES string of the molecule is CCCCCCC(=O)OC[C@@H](C(=O)OC1C[C@@H]2[C@H]3O[C@H]3[C@H](C1)N2C)c1ccccc1. The third-order valence-electron chi connectivity index (χ3n) is 6.79. The first-order valence-electron chi connectivity index (χ1n) is 11.4. The number of likely N-dealkylation sites (N-methyl/N-ethyl adjacent to an activating group) is 1. The lowest BCUT2D eigenvalue weighted by Gasteiger charge is -2.38. The molecule has 3 saturated heterocycles. The highest BCUT2D eigenvalue weighted by Crippen LogP contribution is 2.48. The number of unbranched alkanes of at least 4 members (excludes halogenated alkanes) is 3. The molecule has 6 atom stereocenters. The predicted molar refractivity (Wildman–Crippen MR) is 112 cm³/mol. The second-order valence-corrected chi connectivity index (χ2v) is 8.85. The van der Waals surface area contributed by atoms with Gasteiger partial charge < -0.3 is 14.2 Å². The first kappa shape index (κ1) is 21.3. The number of hydrogen-bond acceptors (Lipinski definition) is 6. The molecule has 3 heterocycles. The van der Waals surface area contributed by atoms with Gasteiger partial charge >= 0.3 is 11.9 Å². The van der Waals surface area contributed by atoms with Crippen molar-refractivity contribution in [3.05, 3.63) is 35.9 Å². The molecule has 1 aromatic rings. The molecule has 3 aliphatic rings. The van der Waals surface area contributed by atoms with Gasteiger partial charge in [-0.2, -0.15) is 0 Å². The Balaban J connectivity index is 1.33. The average molecular weight is 416 g/mol. The van der Waals surface area contributed by atoms with E-state index in [2.05, 4.69) is 18.9 Å². The van der Waals surface area contributed by atoms with Gasteiger partial charge in [-0.15, -0.1) is 0 Å². The molecule has 4 rings (SSSR count). The van der Waals surface area contributed by atoms with E-state index in [0.717, 1.165) is 44.1 Å². The van der Waals surface area contributed by atoms with E-state index in [-0.39, 0.29) is 24.6 Å². The first-order chi connectivity index (χ1) is 14.6. The molecule has 1 unspecified atom stereocenters. The summed E-state index contributed by atoms with van der Waals surface area (Å²) in [5, 5.41) is 0. The van der Waals surface area contributed by atoms with E-state index < -0.39 is 5.92 Å². The molecule has 30 heavy (non-hydrogen) atoms. The highest BCUT2D eigenvalue weighted by Gasteiger charge is 2.62. The fraction of sp³-hybridized carbons (Fsp3) is 0.667. The Morgan fingerprint density at radius 1 is 1.10 bits per heavy atom. The van der Waals surface area contributed by atoms with E-state index in [1.54, 1.807) is 0 Å². The van der Waals surface area contributed by atoms with Gasteiger partial charge in [-0.3, -0.25) is 14.5 Å². The highest BCUT2D eigenvalue weighted by molar-refractivity contribution is 5.79. The minimum absolute atomic E-state index is 0.0311. The number of hydrogen-bond donors (Lipinski definition) is 0. The summed E-state index contributed by atoms with van der Waals surface area (Å²) < 4.78 is 17.1. The summed E-state index contributed by atoms with van der Waals surface area (Å²) in [4.78, 5) is 27.6. The van der Waals surface area contributed by atoms with Crippen LogP contribution in [0.15, 0.2) is 30.3 Å². The van der Waals surface area contributed by atoms with Gasteiger partial charge in [0.2, 0.25) is 0 Å². The molecule has 0 radical (unpaired) electrons. The van der Waals surface area contributed by atoms with Gasteiger partial charge in [-0.1, -0.05) is 56.5 Å². The maximum atomic E-state index is 13.1. The summed E-state index contributed by atoms with van der Waals surface area (Å²) in [6, 6.07) is 10.1. The molecule has 6 heteroatoms. The standard InChI is InChI=1S/C24H33NO5/c1-3-4-5-9-12-21(26)28-15-18(16-10-7-6-8-11-16)24(27)29-17-13-19-22-23(30-22)20(14-17)25(19)2/h6-8,10-11,17-20,22-23H,3-5,9,12-15H2,1-2H3/t17?,18-,19-,20+,22-,23+/m1/s1. The number of carbonyl (C=O) groups excluding carboxylic acids is 2. The number of piperidine rings is 1. The molecule has 3 fully saturated rings. The van der Waals surface area contributed by atoms with Crippen molar-refractivity contribution >= 4 is 11.9 Å². The lowest BCUT2D eigenvalue weighted by atomic mass is 9.97. The molecule has 0 aliphatic carbocycles. The molecular weight excluding hydrogens is 382 g/mol. The number of morpholine rings is 1. The summed E-state index contributed by atoms with van der Waals surface area (Å²) in [7, 11) is 2.13. The van der Waals surface area contributed by atoms with Crippen molar-refractivity contribution in [1.29, 1.82) is 0 Å². The Morgan fingerprint density at radius 3 is 2.47 bits per heavy atom. The van der Waals surface area contributed by atoms with Gasteiger partial charge in [0.1, 0.15) is 30.8 Å². The van der Waals surface area contributed by atoms with Crippen molar-refractivity contribution < 1.29 is 23.8 Å². The van der Waals surface area contributed by atoms with Crippen LogP contribution in [0.3, 0.4) is 0 Å². The quantitative estimate of drug-likeness (QED) is 0.331. The second-order valence-electron chi connectivity index (χ2n) is 8.85. The monoisotopic (exact) mass is 415 g/mol. The molecule has 164 valence electrons. The lowest BCUT2D eigenvalue weighted by molar-refractivity contribution is -0.159. The zero-order valence-corrected chi connectivity index (χ0v) is 18.0. The van der Waals surface area contributed by atoms with Crippen LogP contribution in [0.5, 0.6) is 0 Å². The van der Waals surface area contributed by atoms with Gasteiger partial charge in [0.15, 0.2) is 0 Å². The van der Waals surface area contributed by atoms with Crippen LogP contribution in [-0.4, -0.2) is 60.9 Å². The van der Waals surface area contributed by atoms with Gasteiger partial charge in [0.05, 0.1) is 0 Å². The molecule has 2 bridgehead atoms. The molecule has 0 N–H and O–H groups in total. The average Bonchev–Trinajstić information content (AvgIpc) is 3.50. The maximum absolute atomic E-state index is 13.1. The summed E-state index contributed by atoms with van der Waals surface area (Å²) in [5.74, 6) is -1.13. The van der Waals surface area contributed by atoms with E-state index >= 15 is 0 Å². The minimum Gasteiger partial charge on any atom is -0.464 e. The fourth-order valence-corrected chi connectivity index (χ4v) is 4.97. The van der Waals surface area contributed by atoms with Crippen LogP contribution in [0, 0.1) is 0 Å². The molecular formula is C24H33NO5. The van der Waals surface area contributed by atoms with Crippen molar-refractivity contribution in [3.8, 4) is 0 Å². The van der Waals surface area contributed by atoms with Crippen molar-refractivity contribution in [3.63, 3.8) is 0 Å². The Labute approximate surface area is 178 Å². The molecule has 0 saturated carbocycles. The first-order valence-corrected chi connectivity index (χ1v) is 11.4. The van der Waals surface area contributed by atoms with Crippen LogP contribution in [0.2, 0.25) is 0 Å². The zero-order chi connectivity index (χ0) is 21.1. The molecule has 0 spiro atoms. The number of rotatable bonds is 10. The van der Waals surface area contributed by atoms with E-state index in [1.807, 2.05) is 30.3 Å². The number of epoxide rings is 1. The van der Waals surface area contributed by atoms with Crippen LogP contribution in [-0.2, 0) is 23.8 Å². The lowest BCUT2D eigenvalue weighted by Crippen LogP contribution is -2.48. The fourth-order valence-electron chi connectivity index (χ4n) is 4.97. The van der Waals surface area contributed by atoms with Crippen LogP contribution in [0.25, 0.3) is 0 Å². The molecule has 0 amide bonds. The Hall–Kier alpha value is -1.92. The van der Waals surface area contributed by atoms with Crippen molar-refractivity contribution in [2.24, 2.45) is 0 Å². The third kappa shape index (κ3) is 4.70. The Kier molecular flexibility index (Phi) is 6.74. The van der Waals surface area contributed by atoms with Crippen LogP contribution >= 0.6 is 0 Å². The number of nitrogens with zero attached hydrogens (tertiary/aromatic N) is 1. The molecule has 6 nitrogen and oxygen atoms in total. The predicted octanol–water partition coefficient (Wildman–Crippen LogP) is 3.44. The van der Waals surface area contributed by atoms with Crippen molar-refractivity contribution in [2.45, 2.75) is 88.2 Å². The number of carbonyl (C=O) groups is 2. The largest absolute Gasteiger partial charge is 0.464 e. The van der Waals surface area contributed by atoms with Crippen molar-refractivity contribution in [2.75, 3.05) is 13.7 Å². The summed E-state index contributed by atoms with van der Waals surface area (Å²) >= 11 is 0. The summed E-state index contributed by atoms with van der Waals surface area (Å²) in [5.41, 5.74) is 0.823. The van der Waals surface area contributed by atoms with Crippen molar-refractivity contribution in [1.82, 2.24) is 4.90 Å². The zero-order valence-electron chi connectivity index (χ0n) is 18.0. The number of ether oxygens (including phenoxy) is 3. The van der Waals surface area contributed by atoms with Crippen LogP contribution in [0.1, 0.15) is 63.4 Å². The smallest absolute Gasteiger partial charge is 0.317 e. The van der Waals surface area contributed by atoms with E-state index in [9.17, 15) is 9.59 Å². The number of esters is 2. The topological polar surface area (TPSA) is 68.4 Å². The van der Waals surface area contributed by atoms with Gasteiger partial charge in [0, 0.05) is 31.3 Å². The van der Waals surface area contributed by atoms with Crippen LogP contribution in [0.4, 0.5) is 0 Å². The molecule has 1 aromatic carbocycles. The van der Waals surface area contributed by atoms with Gasteiger partial charge in [-0.05, 0) is 19.0 Å². The van der Waals surface area contributed by atoms with Gasteiger partial charge in [0.25, 0.3) is 0 Å². The highest BCUT2D eigenvalue weighted by atomic mass is 16.6. The van der Waals surface area contributed by atoms with E-state index in [4.69, 9.17) is 14.2 Å². The summed E-state index contributed by atoms with van der Waals surface area (Å²) in [6.45, 7) is 2.17. The summed E-state index contributed by atoms with van der Waals surface area (Å²) in [6.07, 6.45) is 6.63. The number of fused-ring (bicyclic) bond motifs is 5. The van der Waals surface area contributed by atoms with E-state index in [0.29, 0.717) is 30.7 Å². The molecule has 0 aromatic heterocycles. The van der Waals surface area contributed by atoms with Gasteiger partial charge in [-0.25, -0.2) is 0 Å². The molecule has 3 aliphatic heterocycles. The Bertz CT molecular complexity index is 720. The maximum Gasteiger partial charge on any atom is 0.317 e. The van der Waals surface area contributed by atoms with E-state index in [1.165, 1.54) is 0 Å². The second kappa shape index (κ2) is 9.48. The third-order valence-corrected chi connectivity index (χ3v) is 6.79. The number of benzene rings is 1. The minimum atomic E-state index is -0.589. The van der Waals surface area contributed by atoms with Crippen LogP contribution < -0.4 is 0 Å². The normalized spacial score (nSPS) is 30.4. The Morgan fingerprint density at radius 2 is 1.80 bits per heavy atom.